The van der Waals surface area contributed by atoms with Crippen LogP contribution in [0.25, 0.3) is 11.1 Å². The predicted octanol–water partition coefficient (Wildman–Crippen LogP) is 4.44. The highest BCUT2D eigenvalue weighted by atomic mass is 19.1. The molecule has 2 aromatic carbocycles. The summed E-state index contributed by atoms with van der Waals surface area (Å²) < 4.78 is 26.9. The van der Waals surface area contributed by atoms with Gasteiger partial charge in [0.05, 0.1) is 0 Å². The van der Waals surface area contributed by atoms with Crippen molar-refractivity contribution in [3.05, 3.63) is 59.2 Å². The number of halogens is 2. The normalized spacial score (nSPS) is 11.1. The lowest BCUT2D eigenvalue weighted by Crippen LogP contribution is -2.21. The zero-order valence-electron chi connectivity index (χ0n) is 12.0. The Kier molecular flexibility index (Phi) is 4.50. The number of hydrogen-bond acceptors (Lipinski definition) is 1. The third-order valence-electron chi connectivity index (χ3n) is 3.24. The van der Waals surface area contributed by atoms with E-state index in [4.69, 9.17) is 0 Å². The van der Waals surface area contributed by atoms with Crippen LogP contribution in [0.1, 0.15) is 25.0 Å². The van der Waals surface area contributed by atoms with Crippen LogP contribution in [0, 0.1) is 18.6 Å². The Morgan fingerprint density at radius 1 is 1.00 bits per heavy atom. The molecule has 0 aliphatic rings. The van der Waals surface area contributed by atoms with Crippen LogP contribution in [0.15, 0.2) is 36.4 Å². The molecule has 3 heteroatoms. The van der Waals surface area contributed by atoms with Crippen molar-refractivity contribution < 1.29 is 8.78 Å². The lowest BCUT2D eigenvalue weighted by Gasteiger charge is -2.12. The largest absolute Gasteiger partial charge is 0.310 e. The van der Waals surface area contributed by atoms with Gasteiger partial charge in [-0.1, -0.05) is 26.0 Å². The van der Waals surface area contributed by atoms with Crippen molar-refractivity contribution in [1.29, 1.82) is 0 Å². The van der Waals surface area contributed by atoms with Gasteiger partial charge in [0.25, 0.3) is 0 Å². The maximum absolute atomic E-state index is 13.9. The second-order valence-electron chi connectivity index (χ2n) is 5.31. The molecule has 0 radical (unpaired) electrons. The average molecular weight is 275 g/mol. The van der Waals surface area contributed by atoms with Crippen LogP contribution in [0.4, 0.5) is 8.78 Å². The highest BCUT2D eigenvalue weighted by Crippen LogP contribution is 2.27. The summed E-state index contributed by atoms with van der Waals surface area (Å²) in [5.74, 6) is -1.08. The van der Waals surface area contributed by atoms with Gasteiger partial charge in [0, 0.05) is 24.2 Å². The Balaban J connectivity index is 2.37. The van der Waals surface area contributed by atoms with Crippen LogP contribution in [0.3, 0.4) is 0 Å². The maximum atomic E-state index is 13.9. The van der Waals surface area contributed by atoms with E-state index in [9.17, 15) is 8.78 Å². The average Bonchev–Trinajstić information content (AvgIpc) is 2.38. The number of aryl methyl sites for hydroxylation is 1. The molecule has 0 aliphatic heterocycles. The standard InChI is InChI=1S/C17H19F2N/c1-11(2)20-10-13-5-4-12(3)16(8-13)15-7-6-14(18)9-17(15)19/h4-9,11,20H,10H2,1-3H3. The summed E-state index contributed by atoms with van der Waals surface area (Å²) in [4.78, 5) is 0. The molecule has 0 aromatic heterocycles. The first-order chi connectivity index (χ1) is 9.47. The first kappa shape index (κ1) is 14.7. The molecular weight excluding hydrogens is 256 g/mol. The molecule has 0 unspecified atom stereocenters. The fourth-order valence-corrected chi connectivity index (χ4v) is 2.10. The number of benzene rings is 2. The summed E-state index contributed by atoms with van der Waals surface area (Å²) in [7, 11) is 0. The summed E-state index contributed by atoms with van der Waals surface area (Å²) in [6.45, 7) is 6.81. The third-order valence-corrected chi connectivity index (χ3v) is 3.24. The van der Waals surface area contributed by atoms with E-state index in [1.807, 2.05) is 25.1 Å². The molecule has 106 valence electrons. The zero-order chi connectivity index (χ0) is 14.7. The summed E-state index contributed by atoms with van der Waals surface area (Å²) in [6, 6.07) is 10.0. The van der Waals surface area contributed by atoms with Gasteiger partial charge in [-0.15, -0.1) is 0 Å². The molecule has 0 fully saturated rings. The van der Waals surface area contributed by atoms with Crippen molar-refractivity contribution in [3.8, 4) is 11.1 Å². The first-order valence-electron chi connectivity index (χ1n) is 6.75. The van der Waals surface area contributed by atoms with Gasteiger partial charge in [-0.3, -0.25) is 0 Å². The van der Waals surface area contributed by atoms with Crippen molar-refractivity contribution in [3.63, 3.8) is 0 Å². The van der Waals surface area contributed by atoms with Gasteiger partial charge in [0.1, 0.15) is 11.6 Å². The molecule has 1 N–H and O–H groups in total. The molecule has 0 saturated carbocycles. The smallest absolute Gasteiger partial charge is 0.133 e. The quantitative estimate of drug-likeness (QED) is 0.870. The van der Waals surface area contributed by atoms with Crippen LogP contribution in [-0.2, 0) is 6.54 Å². The molecule has 0 bridgehead atoms. The Morgan fingerprint density at radius 2 is 1.75 bits per heavy atom. The third kappa shape index (κ3) is 3.42. The van der Waals surface area contributed by atoms with Crippen molar-refractivity contribution >= 4 is 0 Å². The molecule has 20 heavy (non-hydrogen) atoms. The number of nitrogens with one attached hydrogen (secondary N) is 1. The molecule has 0 spiro atoms. The second kappa shape index (κ2) is 6.14. The fraction of sp³-hybridized carbons (Fsp3) is 0.294. The number of hydrogen-bond donors (Lipinski definition) is 1. The van der Waals surface area contributed by atoms with Crippen molar-refractivity contribution in [2.24, 2.45) is 0 Å². The number of rotatable bonds is 4. The van der Waals surface area contributed by atoms with Crippen LogP contribution in [0.5, 0.6) is 0 Å². The fourth-order valence-electron chi connectivity index (χ4n) is 2.10. The maximum Gasteiger partial charge on any atom is 0.133 e. The lowest BCUT2D eigenvalue weighted by atomic mass is 9.97. The summed E-state index contributed by atoms with van der Waals surface area (Å²) in [5.41, 5.74) is 3.31. The topological polar surface area (TPSA) is 12.0 Å². The summed E-state index contributed by atoms with van der Waals surface area (Å²) >= 11 is 0. The Labute approximate surface area is 118 Å². The van der Waals surface area contributed by atoms with Crippen LogP contribution in [-0.4, -0.2) is 6.04 Å². The Hall–Kier alpha value is -1.74. The summed E-state index contributed by atoms with van der Waals surface area (Å²) in [6.07, 6.45) is 0. The van der Waals surface area contributed by atoms with E-state index in [0.717, 1.165) is 29.3 Å². The van der Waals surface area contributed by atoms with Gasteiger partial charge in [0.15, 0.2) is 0 Å². The molecule has 0 amide bonds. The molecule has 0 heterocycles. The van der Waals surface area contributed by atoms with Crippen molar-refractivity contribution in [2.75, 3.05) is 0 Å². The van der Waals surface area contributed by atoms with Crippen LogP contribution >= 0.6 is 0 Å². The highest BCUT2D eigenvalue weighted by molar-refractivity contribution is 5.68. The highest BCUT2D eigenvalue weighted by Gasteiger charge is 2.10. The zero-order valence-corrected chi connectivity index (χ0v) is 12.0. The molecular formula is C17H19F2N. The van der Waals surface area contributed by atoms with E-state index < -0.39 is 11.6 Å². The van der Waals surface area contributed by atoms with E-state index in [0.29, 0.717) is 11.6 Å². The van der Waals surface area contributed by atoms with Crippen LogP contribution in [0.2, 0.25) is 0 Å². The molecule has 0 aliphatic carbocycles. The van der Waals surface area contributed by atoms with E-state index in [1.54, 1.807) is 0 Å². The first-order valence-corrected chi connectivity index (χ1v) is 6.75. The molecule has 2 aromatic rings. The minimum atomic E-state index is -0.554. The van der Waals surface area contributed by atoms with E-state index in [2.05, 4.69) is 19.2 Å². The Bertz CT molecular complexity index is 606. The molecule has 2 rings (SSSR count). The van der Waals surface area contributed by atoms with E-state index in [1.165, 1.54) is 12.1 Å². The van der Waals surface area contributed by atoms with Gasteiger partial charge in [-0.2, -0.15) is 0 Å². The van der Waals surface area contributed by atoms with E-state index >= 15 is 0 Å². The lowest BCUT2D eigenvalue weighted by molar-refractivity contribution is 0.584. The van der Waals surface area contributed by atoms with Gasteiger partial charge >= 0.3 is 0 Å². The van der Waals surface area contributed by atoms with Gasteiger partial charge in [-0.25, -0.2) is 8.78 Å². The van der Waals surface area contributed by atoms with Gasteiger partial charge < -0.3 is 5.32 Å². The molecule has 0 atom stereocenters. The van der Waals surface area contributed by atoms with Crippen LogP contribution < -0.4 is 5.32 Å². The van der Waals surface area contributed by atoms with Crippen molar-refractivity contribution in [2.45, 2.75) is 33.4 Å². The predicted molar refractivity (Wildman–Crippen MR) is 78.5 cm³/mol. The molecule has 1 nitrogen and oxygen atoms in total. The Morgan fingerprint density at radius 3 is 2.40 bits per heavy atom. The molecule has 0 saturated heterocycles. The van der Waals surface area contributed by atoms with Gasteiger partial charge in [-0.05, 0) is 41.8 Å². The second-order valence-corrected chi connectivity index (χ2v) is 5.31. The minimum Gasteiger partial charge on any atom is -0.310 e. The summed E-state index contributed by atoms with van der Waals surface area (Å²) in [5, 5.41) is 3.33. The van der Waals surface area contributed by atoms with E-state index in [-0.39, 0.29) is 0 Å². The monoisotopic (exact) mass is 275 g/mol. The van der Waals surface area contributed by atoms with Crippen molar-refractivity contribution in [1.82, 2.24) is 5.32 Å². The van der Waals surface area contributed by atoms with Gasteiger partial charge in [0.2, 0.25) is 0 Å². The SMILES string of the molecule is Cc1ccc(CNC(C)C)cc1-c1ccc(F)cc1F. The minimum absolute atomic E-state index is 0.391.